The average molecular weight is 339 g/mol. The molecule has 136 valence electrons. The first-order valence-electron chi connectivity index (χ1n) is 8.48. The Morgan fingerprint density at radius 3 is 2.54 bits per heavy atom. The van der Waals surface area contributed by atoms with Crippen LogP contribution in [0, 0.1) is 0 Å². The van der Waals surface area contributed by atoms with E-state index in [-0.39, 0.29) is 5.56 Å². The normalized spacial score (nSPS) is 23.9. The number of hydrogen-bond donors (Lipinski definition) is 3. The minimum Gasteiger partial charge on any atom is -0.496 e. The number of aliphatic hydroxyl groups excluding tert-OH is 1. The van der Waals surface area contributed by atoms with Crippen LogP contribution in [0.25, 0.3) is 0 Å². The molecule has 1 aliphatic carbocycles. The zero-order chi connectivity index (χ0) is 18.1. The van der Waals surface area contributed by atoms with Crippen molar-refractivity contribution >= 4 is 0 Å². The Hall–Kier alpha value is -1.37. The number of rotatable bonds is 6. The van der Waals surface area contributed by atoms with Gasteiger partial charge in [0, 0.05) is 12.7 Å². The van der Waals surface area contributed by atoms with E-state index in [0.717, 1.165) is 5.56 Å². The van der Waals surface area contributed by atoms with Crippen molar-refractivity contribution in [3.8, 4) is 5.75 Å². The number of hydrogen-bond acceptors (Lipinski definition) is 5. The Morgan fingerprint density at radius 1 is 1.38 bits per heavy atom. The summed E-state index contributed by atoms with van der Waals surface area (Å²) in [6.07, 6.45) is 1.75. The van der Waals surface area contributed by atoms with Gasteiger partial charge in [0.2, 0.25) is 0 Å². The molecule has 24 heavy (non-hydrogen) atoms. The van der Waals surface area contributed by atoms with Crippen molar-refractivity contribution in [2.75, 3.05) is 14.2 Å². The van der Waals surface area contributed by atoms with Crippen LogP contribution < -0.4 is 10.3 Å². The molecule has 2 unspecified atom stereocenters. The Bertz CT molecular complexity index is 646. The first-order chi connectivity index (χ1) is 11.2. The van der Waals surface area contributed by atoms with Crippen LogP contribution in [-0.2, 0) is 23.2 Å². The largest absolute Gasteiger partial charge is 0.496 e. The molecule has 0 saturated carbocycles. The minimum absolute atomic E-state index is 0.216. The number of fused-ring (bicyclic) bond motifs is 1. The molecule has 1 aromatic heterocycles. The van der Waals surface area contributed by atoms with Gasteiger partial charge in [0.25, 0.3) is 5.56 Å². The van der Waals surface area contributed by atoms with Crippen molar-refractivity contribution in [1.82, 2.24) is 4.98 Å². The summed E-state index contributed by atoms with van der Waals surface area (Å²) in [5.41, 5.74) is -0.0842. The zero-order valence-corrected chi connectivity index (χ0v) is 15.2. The lowest BCUT2D eigenvalue weighted by Gasteiger charge is -2.42. The third-order valence-electron chi connectivity index (χ3n) is 5.02. The van der Waals surface area contributed by atoms with Crippen LogP contribution in [-0.4, -0.2) is 41.1 Å². The van der Waals surface area contributed by atoms with Crippen LogP contribution in [0.5, 0.6) is 5.75 Å². The van der Waals surface area contributed by atoms with Gasteiger partial charge in [-0.1, -0.05) is 6.92 Å². The highest BCUT2D eigenvalue weighted by molar-refractivity contribution is 5.47. The summed E-state index contributed by atoms with van der Waals surface area (Å²) in [5.74, 6) is 0.591. The summed E-state index contributed by atoms with van der Waals surface area (Å²) in [5, 5.41) is 20.8. The van der Waals surface area contributed by atoms with E-state index < -0.39 is 17.3 Å². The van der Waals surface area contributed by atoms with Crippen LogP contribution in [0.4, 0.5) is 0 Å². The molecule has 0 aliphatic heterocycles. The molecule has 1 aliphatic rings. The van der Waals surface area contributed by atoms with Crippen molar-refractivity contribution in [2.45, 2.75) is 70.2 Å². The van der Waals surface area contributed by atoms with Crippen molar-refractivity contribution < 1.29 is 19.7 Å². The fourth-order valence-corrected chi connectivity index (χ4v) is 3.63. The van der Waals surface area contributed by atoms with Crippen LogP contribution in [0.2, 0.25) is 0 Å². The van der Waals surface area contributed by atoms with E-state index in [9.17, 15) is 15.0 Å². The fourth-order valence-electron chi connectivity index (χ4n) is 3.63. The van der Waals surface area contributed by atoms with E-state index in [0.29, 0.717) is 49.1 Å². The third-order valence-corrected chi connectivity index (χ3v) is 5.02. The lowest BCUT2D eigenvalue weighted by Crippen LogP contribution is -2.48. The maximum Gasteiger partial charge on any atom is 0.255 e. The first kappa shape index (κ1) is 19.0. The second kappa shape index (κ2) is 6.86. The van der Waals surface area contributed by atoms with Crippen LogP contribution in [0.3, 0.4) is 0 Å². The molecule has 0 fully saturated rings. The van der Waals surface area contributed by atoms with E-state index >= 15 is 0 Å². The van der Waals surface area contributed by atoms with Gasteiger partial charge in [0.05, 0.1) is 30.1 Å². The summed E-state index contributed by atoms with van der Waals surface area (Å²) >= 11 is 0. The topological polar surface area (TPSA) is 91.8 Å². The number of H-pyrrole nitrogens is 1. The van der Waals surface area contributed by atoms with Gasteiger partial charge >= 0.3 is 0 Å². The van der Waals surface area contributed by atoms with Crippen molar-refractivity contribution in [1.29, 1.82) is 0 Å². The Kier molecular flexibility index (Phi) is 5.42. The first-order valence-corrected chi connectivity index (χ1v) is 8.48. The highest BCUT2D eigenvalue weighted by Gasteiger charge is 2.47. The summed E-state index contributed by atoms with van der Waals surface area (Å²) in [6, 6.07) is 0. The van der Waals surface area contributed by atoms with Gasteiger partial charge in [-0.2, -0.15) is 0 Å². The van der Waals surface area contributed by atoms with Gasteiger partial charge in [-0.25, -0.2) is 0 Å². The molecule has 2 rings (SSSR count). The number of methoxy groups -OCH3 is 2. The standard InChI is InChI=1S/C18H29NO5/c1-6-11-14(23-4)12-7-8-13(20)18(24-5,10-9-17(2,3)22)15(12)19-16(11)21/h13,20,22H,6-10H2,1-5H3,(H,19,21). The number of ether oxygens (including phenoxy) is 2. The molecule has 0 radical (unpaired) electrons. The van der Waals surface area contributed by atoms with Crippen molar-refractivity contribution in [3.05, 3.63) is 27.2 Å². The number of aliphatic hydroxyl groups is 2. The van der Waals surface area contributed by atoms with Gasteiger partial charge in [0.1, 0.15) is 11.4 Å². The number of pyridine rings is 1. The van der Waals surface area contributed by atoms with Gasteiger partial charge in [-0.3, -0.25) is 4.79 Å². The molecule has 0 bridgehead atoms. The molecule has 1 aromatic rings. The third kappa shape index (κ3) is 3.23. The number of nitrogens with one attached hydrogen (secondary N) is 1. The smallest absolute Gasteiger partial charge is 0.255 e. The second-order valence-electron chi connectivity index (χ2n) is 7.13. The van der Waals surface area contributed by atoms with E-state index in [1.165, 1.54) is 7.11 Å². The van der Waals surface area contributed by atoms with Gasteiger partial charge in [0.15, 0.2) is 0 Å². The summed E-state index contributed by atoms with van der Waals surface area (Å²) in [4.78, 5) is 15.4. The van der Waals surface area contributed by atoms with Crippen LogP contribution in [0.1, 0.15) is 56.9 Å². The summed E-state index contributed by atoms with van der Waals surface area (Å²) < 4.78 is 11.3. The van der Waals surface area contributed by atoms with Gasteiger partial charge in [-0.05, 0) is 46.0 Å². The average Bonchev–Trinajstić information content (AvgIpc) is 2.52. The molecule has 0 aromatic carbocycles. The molecular formula is C18H29NO5. The predicted octanol–water partition coefficient (Wildman–Crippen LogP) is 1.65. The van der Waals surface area contributed by atoms with Crippen molar-refractivity contribution in [3.63, 3.8) is 0 Å². The molecule has 6 nitrogen and oxygen atoms in total. The maximum atomic E-state index is 12.5. The monoisotopic (exact) mass is 339 g/mol. The number of aromatic nitrogens is 1. The number of aromatic amines is 1. The van der Waals surface area contributed by atoms with E-state index in [1.807, 2.05) is 6.92 Å². The molecular weight excluding hydrogens is 310 g/mol. The molecule has 2 atom stereocenters. The lowest BCUT2D eigenvalue weighted by atomic mass is 9.75. The Labute approximate surface area is 142 Å². The summed E-state index contributed by atoms with van der Waals surface area (Å²) in [7, 11) is 3.09. The fraction of sp³-hybridized carbons (Fsp3) is 0.722. The van der Waals surface area contributed by atoms with Crippen LogP contribution >= 0.6 is 0 Å². The quantitative estimate of drug-likeness (QED) is 0.733. The maximum absolute atomic E-state index is 12.5. The zero-order valence-electron chi connectivity index (χ0n) is 15.2. The van der Waals surface area contributed by atoms with Crippen LogP contribution in [0.15, 0.2) is 4.79 Å². The van der Waals surface area contributed by atoms with Gasteiger partial charge in [-0.15, -0.1) is 0 Å². The predicted molar refractivity (Wildman–Crippen MR) is 91.5 cm³/mol. The molecule has 0 amide bonds. The molecule has 0 spiro atoms. The molecule has 3 N–H and O–H groups in total. The highest BCUT2D eigenvalue weighted by atomic mass is 16.5. The van der Waals surface area contributed by atoms with Gasteiger partial charge < -0.3 is 24.7 Å². The molecule has 1 heterocycles. The Balaban J connectivity index is 2.64. The Morgan fingerprint density at radius 2 is 2.04 bits per heavy atom. The minimum atomic E-state index is -1.05. The second-order valence-corrected chi connectivity index (χ2v) is 7.13. The summed E-state index contributed by atoms with van der Waals surface area (Å²) in [6.45, 7) is 5.35. The van der Waals surface area contributed by atoms with E-state index in [2.05, 4.69) is 4.98 Å². The molecule has 6 heteroatoms. The van der Waals surface area contributed by atoms with E-state index in [1.54, 1.807) is 21.0 Å². The van der Waals surface area contributed by atoms with Crippen molar-refractivity contribution in [2.24, 2.45) is 0 Å². The lowest BCUT2D eigenvalue weighted by molar-refractivity contribution is -0.133. The highest BCUT2D eigenvalue weighted by Crippen LogP contribution is 2.44. The van der Waals surface area contributed by atoms with E-state index in [4.69, 9.17) is 9.47 Å². The SMILES string of the molecule is CCc1c(OC)c2c([nH]c1=O)C(CCC(C)(C)O)(OC)C(O)CC2. The molecule has 0 saturated heterocycles.